The van der Waals surface area contributed by atoms with Crippen molar-refractivity contribution in [2.24, 2.45) is 0 Å². The molecule has 0 aliphatic carbocycles. The normalized spacial score (nSPS) is 10.9. The quantitative estimate of drug-likeness (QED) is 0.450. The van der Waals surface area contributed by atoms with Crippen molar-refractivity contribution in [1.82, 2.24) is 0 Å². The molecule has 0 aliphatic rings. The third kappa shape index (κ3) is 3.10. The van der Waals surface area contributed by atoms with Gasteiger partial charge in [0.15, 0.2) is 0 Å². The van der Waals surface area contributed by atoms with Crippen LogP contribution in [0.3, 0.4) is 0 Å². The molecule has 0 unspecified atom stereocenters. The first-order chi connectivity index (χ1) is 11.9. The van der Waals surface area contributed by atoms with E-state index in [1.54, 1.807) is 6.26 Å². The molecule has 4 rings (SSSR count). The molecule has 0 saturated carbocycles. The zero-order valence-corrected chi connectivity index (χ0v) is 13.0. The summed E-state index contributed by atoms with van der Waals surface area (Å²) in [6, 6.07) is 27.2. The Morgan fingerprint density at radius 2 is 1.29 bits per heavy atom. The van der Waals surface area contributed by atoms with Gasteiger partial charge in [-0.05, 0) is 48.5 Å². The summed E-state index contributed by atoms with van der Waals surface area (Å²) < 4.78 is 17.6. The van der Waals surface area contributed by atoms with Gasteiger partial charge in [0.25, 0.3) is 6.29 Å². The number of ether oxygens (including phenoxy) is 2. The average Bonchev–Trinajstić information content (AvgIpc) is 3.11. The number of furan rings is 1. The molecule has 4 aromatic rings. The molecule has 3 aromatic carbocycles. The lowest BCUT2D eigenvalue weighted by Gasteiger charge is -2.21. The molecule has 24 heavy (non-hydrogen) atoms. The van der Waals surface area contributed by atoms with Crippen molar-refractivity contribution in [1.29, 1.82) is 0 Å². The second-order valence-corrected chi connectivity index (χ2v) is 5.41. The summed E-state index contributed by atoms with van der Waals surface area (Å²) in [6.45, 7) is 0. The van der Waals surface area contributed by atoms with Crippen LogP contribution in [-0.2, 0) is 0 Å². The minimum atomic E-state index is -0.547. The molecule has 3 heteroatoms. The topological polar surface area (TPSA) is 31.6 Å². The highest BCUT2D eigenvalue weighted by Gasteiger charge is 2.16. The van der Waals surface area contributed by atoms with Crippen molar-refractivity contribution in [3.05, 3.63) is 96.8 Å². The van der Waals surface area contributed by atoms with Gasteiger partial charge in [0, 0.05) is 10.9 Å². The fourth-order valence-electron chi connectivity index (χ4n) is 2.54. The average molecular weight is 316 g/mol. The highest BCUT2D eigenvalue weighted by molar-refractivity contribution is 5.77. The van der Waals surface area contributed by atoms with Gasteiger partial charge in [-0.3, -0.25) is 0 Å². The van der Waals surface area contributed by atoms with E-state index in [0.717, 1.165) is 28.0 Å². The maximum atomic E-state index is 6.08. The summed E-state index contributed by atoms with van der Waals surface area (Å²) in [4.78, 5) is 0. The van der Waals surface area contributed by atoms with Gasteiger partial charge in [0.1, 0.15) is 17.1 Å². The Bertz CT molecular complexity index is 872. The van der Waals surface area contributed by atoms with Crippen LogP contribution in [0, 0.1) is 0 Å². The van der Waals surface area contributed by atoms with E-state index in [-0.39, 0.29) is 0 Å². The van der Waals surface area contributed by atoms with Crippen molar-refractivity contribution >= 4 is 11.0 Å². The Morgan fingerprint density at radius 1 is 0.667 bits per heavy atom. The summed E-state index contributed by atoms with van der Waals surface area (Å²) in [7, 11) is 0. The van der Waals surface area contributed by atoms with Gasteiger partial charge in [0.2, 0.25) is 0 Å². The third-order valence-electron chi connectivity index (χ3n) is 3.72. The molecule has 0 N–H and O–H groups in total. The lowest BCUT2D eigenvalue weighted by molar-refractivity contribution is 0.00392. The number of hydrogen-bond acceptors (Lipinski definition) is 3. The number of fused-ring (bicyclic) bond motifs is 1. The van der Waals surface area contributed by atoms with Crippen LogP contribution in [0.2, 0.25) is 0 Å². The first kappa shape index (κ1) is 14.4. The molecule has 0 spiro atoms. The van der Waals surface area contributed by atoms with E-state index in [2.05, 4.69) is 0 Å². The van der Waals surface area contributed by atoms with Gasteiger partial charge in [-0.15, -0.1) is 0 Å². The van der Waals surface area contributed by atoms with E-state index in [9.17, 15) is 0 Å². The summed E-state index contributed by atoms with van der Waals surface area (Å²) >= 11 is 0. The van der Waals surface area contributed by atoms with Crippen LogP contribution in [0.15, 0.2) is 95.6 Å². The second kappa shape index (κ2) is 6.50. The fourth-order valence-corrected chi connectivity index (χ4v) is 2.54. The molecule has 3 nitrogen and oxygen atoms in total. The van der Waals surface area contributed by atoms with Crippen LogP contribution < -0.4 is 9.47 Å². The minimum absolute atomic E-state index is 0.547. The van der Waals surface area contributed by atoms with E-state index in [1.165, 1.54) is 0 Å². The van der Waals surface area contributed by atoms with Crippen LogP contribution in [0.1, 0.15) is 11.9 Å². The van der Waals surface area contributed by atoms with Crippen molar-refractivity contribution in [2.75, 3.05) is 0 Å². The van der Waals surface area contributed by atoms with Gasteiger partial charge in [0.05, 0.1) is 6.26 Å². The van der Waals surface area contributed by atoms with Crippen molar-refractivity contribution < 1.29 is 13.9 Å². The largest absolute Gasteiger partial charge is 0.464 e. The van der Waals surface area contributed by atoms with Crippen LogP contribution in [0.4, 0.5) is 0 Å². The minimum Gasteiger partial charge on any atom is -0.464 e. The molecular weight excluding hydrogens is 300 g/mol. The van der Waals surface area contributed by atoms with E-state index in [0.29, 0.717) is 0 Å². The second-order valence-electron chi connectivity index (χ2n) is 5.41. The third-order valence-corrected chi connectivity index (χ3v) is 3.72. The monoisotopic (exact) mass is 316 g/mol. The number of rotatable bonds is 5. The first-order valence-electron chi connectivity index (χ1n) is 7.79. The lowest BCUT2D eigenvalue weighted by Crippen LogP contribution is -2.15. The van der Waals surface area contributed by atoms with E-state index >= 15 is 0 Å². The smallest absolute Gasteiger partial charge is 0.267 e. The Morgan fingerprint density at radius 3 is 1.92 bits per heavy atom. The Balaban J connectivity index is 1.68. The molecule has 0 aliphatic heterocycles. The van der Waals surface area contributed by atoms with E-state index in [4.69, 9.17) is 13.9 Å². The van der Waals surface area contributed by atoms with E-state index < -0.39 is 6.29 Å². The molecule has 0 amide bonds. The molecule has 0 saturated heterocycles. The molecule has 0 radical (unpaired) electrons. The molecule has 0 fully saturated rings. The SMILES string of the molecule is c1ccc(OC(Oc2ccccc2)c2ccc3occc3c2)cc1. The van der Waals surface area contributed by atoms with Gasteiger partial charge < -0.3 is 13.9 Å². The van der Waals surface area contributed by atoms with Crippen LogP contribution >= 0.6 is 0 Å². The maximum absolute atomic E-state index is 6.08. The number of hydrogen-bond donors (Lipinski definition) is 0. The number of para-hydroxylation sites is 2. The highest BCUT2D eigenvalue weighted by atomic mass is 16.7. The maximum Gasteiger partial charge on any atom is 0.267 e. The van der Waals surface area contributed by atoms with Gasteiger partial charge in [-0.1, -0.05) is 36.4 Å². The van der Waals surface area contributed by atoms with Crippen molar-refractivity contribution in [2.45, 2.75) is 6.29 Å². The molecular formula is C21H16O3. The fraction of sp³-hybridized carbons (Fsp3) is 0.0476. The zero-order valence-electron chi connectivity index (χ0n) is 13.0. The molecule has 1 aromatic heterocycles. The lowest BCUT2D eigenvalue weighted by atomic mass is 10.1. The van der Waals surface area contributed by atoms with Crippen LogP contribution in [-0.4, -0.2) is 0 Å². The Kier molecular flexibility index (Phi) is 3.90. The van der Waals surface area contributed by atoms with Gasteiger partial charge >= 0.3 is 0 Å². The van der Waals surface area contributed by atoms with Gasteiger partial charge in [-0.2, -0.15) is 0 Å². The Labute approximate surface area is 140 Å². The van der Waals surface area contributed by atoms with Crippen molar-refractivity contribution in [3.8, 4) is 11.5 Å². The summed E-state index contributed by atoms with van der Waals surface area (Å²) in [5.74, 6) is 1.51. The van der Waals surface area contributed by atoms with Crippen LogP contribution in [0.5, 0.6) is 11.5 Å². The summed E-state index contributed by atoms with van der Waals surface area (Å²) in [5.41, 5.74) is 1.77. The van der Waals surface area contributed by atoms with Crippen LogP contribution in [0.25, 0.3) is 11.0 Å². The van der Waals surface area contributed by atoms with E-state index in [1.807, 2.05) is 84.9 Å². The first-order valence-corrected chi connectivity index (χ1v) is 7.79. The van der Waals surface area contributed by atoms with Gasteiger partial charge in [-0.25, -0.2) is 0 Å². The molecule has 0 bridgehead atoms. The predicted octanol–water partition coefficient (Wildman–Crippen LogP) is 5.59. The Hall–Kier alpha value is -3.20. The number of benzene rings is 3. The molecule has 0 atom stereocenters. The van der Waals surface area contributed by atoms with Crippen molar-refractivity contribution in [3.63, 3.8) is 0 Å². The predicted molar refractivity (Wildman–Crippen MR) is 93.1 cm³/mol. The molecule has 118 valence electrons. The summed E-state index contributed by atoms with van der Waals surface area (Å²) in [6.07, 6.45) is 1.13. The standard InChI is InChI=1S/C21H16O3/c1-3-7-18(8-4-1)23-21(24-19-9-5-2-6-10-19)17-11-12-20-16(15-17)13-14-22-20/h1-15,21H. The zero-order chi connectivity index (χ0) is 16.2. The highest BCUT2D eigenvalue weighted by Crippen LogP contribution is 2.28. The summed E-state index contributed by atoms with van der Waals surface area (Å²) in [5, 5.41) is 1.02. The molecule has 1 heterocycles.